The summed E-state index contributed by atoms with van der Waals surface area (Å²) < 4.78 is 19.6. The van der Waals surface area contributed by atoms with Crippen LogP contribution in [0.4, 0.5) is 4.39 Å². The van der Waals surface area contributed by atoms with Crippen molar-refractivity contribution in [1.29, 1.82) is 5.41 Å². The summed E-state index contributed by atoms with van der Waals surface area (Å²) in [5.41, 5.74) is 3.44. The average Bonchev–Trinajstić information content (AvgIpc) is 3.08. The molecule has 1 aliphatic rings. The van der Waals surface area contributed by atoms with E-state index in [0.29, 0.717) is 47.5 Å². The van der Waals surface area contributed by atoms with E-state index in [1.54, 1.807) is 38.4 Å². The number of methoxy groups -OCH3 is 1. The standard InChI is InChI=1S/C20H20FN5O/c1-12-24-18(15-5-3-4-6-16(15)21)19(25-12)20(22)26-8-7-17-13(11-26)9-14(27-2)10-23-17/h3-6,9-10,22H,7-8,11H2,1-2H3,(H,24,25). The molecular formula is C20H20FN5O. The number of hydrogen-bond acceptors (Lipinski definition) is 4. The summed E-state index contributed by atoms with van der Waals surface area (Å²) in [7, 11) is 1.61. The van der Waals surface area contributed by atoms with Crippen LogP contribution in [0.5, 0.6) is 5.75 Å². The Morgan fingerprint density at radius 3 is 2.93 bits per heavy atom. The van der Waals surface area contributed by atoms with E-state index in [0.717, 1.165) is 17.7 Å². The first kappa shape index (κ1) is 17.2. The van der Waals surface area contributed by atoms with E-state index in [9.17, 15) is 4.39 Å². The van der Waals surface area contributed by atoms with Crippen LogP contribution in [0.15, 0.2) is 36.5 Å². The highest BCUT2D eigenvalue weighted by Gasteiger charge is 2.25. The average molecular weight is 365 g/mol. The molecule has 0 bridgehead atoms. The van der Waals surface area contributed by atoms with Crippen molar-refractivity contribution in [3.8, 4) is 17.0 Å². The zero-order chi connectivity index (χ0) is 19.0. The van der Waals surface area contributed by atoms with Crippen molar-refractivity contribution >= 4 is 5.84 Å². The fourth-order valence-corrected chi connectivity index (χ4v) is 3.38. The number of nitrogens with one attached hydrogen (secondary N) is 2. The van der Waals surface area contributed by atoms with Gasteiger partial charge in [0.1, 0.15) is 34.6 Å². The minimum Gasteiger partial charge on any atom is -0.495 e. The lowest BCUT2D eigenvalue weighted by Crippen LogP contribution is -2.36. The first-order chi connectivity index (χ1) is 13.1. The van der Waals surface area contributed by atoms with Crippen molar-refractivity contribution in [2.24, 2.45) is 0 Å². The van der Waals surface area contributed by atoms with E-state index < -0.39 is 0 Å². The third-order valence-electron chi connectivity index (χ3n) is 4.75. The van der Waals surface area contributed by atoms with Gasteiger partial charge in [0, 0.05) is 30.8 Å². The molecule has 6 nitrogen and oxygen atoms in total. The zero-order valence-electron chi connectivity index (χ0n) is 15.2. The van der Waals surface area contributed by atoms with Gasteiger partial charge < -0.3 is 14.6 Å². The second-order valence-corrected chi connectivity index (χ2v) is 6.53. The normalized spacial score (nSPS) is 13.4. The Kier molecular flexibility index (Phi) is 4.35. The Morgan fingerprint density at radius 1 is 1.33 bits per heavy atom. The Morgan fingerprint density at radius 2 is 2.15 bits per heavy atom. The molecule has 138 valence electrons. The number of imidazole rings is 1. The third-order valence-corrected chi connectivity index (χ3v) is 4.75. The molecule has 3 heterocycles. The van der Waals surface area contributed by atoms with Crippen LogP contribution in [-0.2, 0) is 13.0 Å². The number of pyridine rings is 1. The molecule has 2 N–H and O–H groups in total. The summed E-state index contributed by atoms with van der Waals surface area (Å²) in [5, 5.41) is 8.72. The molecular weight excluding hydrogens is 345 g/mol. The highest BCUT2D eigenvalue weighted by Crippen LogP contribution is 2.28. The van der Waals surface area contributed by atoms with Crippen LogP contribution in [-0.4, -0.2) is 39.3 Å². The molecule has 4 rings (SSSR count). The van der Waals surface area contributed by atoms with E-state index in [1.165, 1.54) is 6.07 Å². The summed E-state index contributed by atoms with van der Waals surface area (Å²) >= 11 is 0. The monoisotopic (exact) mass is 365 g/mol. The first-order valence-corrected chi connectivity index (χ1v) is 8.74. The number of H-pyrrole nitrogens is 1. The number of aromatic nitrogens is 3. The molecule has 0 radical (unpaired) electrons. The summed E-state index contributed by atoms with van der Waals surface area (Å²) in [6.45, 7) is 3.02. The maximum Gasteiger partial charge on any atom is 0.147 e. The number of hydrogen-bond donors (Lipinski definition) is 2. The Bertz CT molecular complexity index is 1010. The topological polar surface area (TPSA) is 77.9 Å². The van der Waals surface area contributed by atoms with E-state index >= 15 is 0 Å². The number of ether oxygens (including phenoxy) is 1. The van der Waals surface area contributed by atoms with Crippen LogP contribution in [0.25, 0.3) is 11.3 Å². The number of benzene rings is 1. The van der Waals surface area contributed by atoms with Gasteiger partial charge in [0.2, 0.25) is 0 Å². The molecule has 3 aromatic rings. The van der Waals surface area contributed by atoms with Crippen molar-refractivity contribution in [3.05, 3.63) is 65.1 Å². The van der Waals surface area contributed by atoms with Crippen LogP contribution in [0.3, 0.4) is 0 Å². The number of nitrogens with zero attached hydrogens (tertiary/aromatic N) is 3. The molecule has 27 heavy (non-hydrogen) atoms. The number of aromatic amines is 1. The Hall–Kier alpha value is -3.22. The quantitative estimate of drug-likeness (QED) is 0.551. The van der Waals surface area contributed by atoms with E-state index in [4.69, 9.17) is 10.1 Å². The van der Waals surface area contributed by atoms with Gasteiger partial charge in [-0.05, 0) is 30.7 Å². The smallest absolute Gasteiger partial charge is 0.147 e. The maximum absolute atomic E-state index is 14.3. The van der Waals surface area contributed by atoms with Gasteiger partial charge in [0.15, 0.2) is 0 Å². The lowest BCUT2D eigenvalue weighted by molar-refractivity contribution is 0.378. The van der Waals surface area contributed by atoms with Gasteiger partial charge >= 0.3 is 0 Å². The number of fused-ring (bicyclic) bond motifs is 1. The third kappa shape index (κ3) is 3.16. The van der Waals surface area contributed by atoms with Crippen molar-refractivity contribution in [2.75, 3.05) is 13.7 Å². The van der Waals surface area contributed by atoms with Crippen molar-refractivity contribution in [3.63, 3.8) is 0 Å². The van der Waals surface area contributed by atoms with Gasteiger partial charge in [-0.2, -0.15) is 0 Å². The first-order valence-electron chi connectivity index (χ1n) is 8.74. The molecule has 1 aliphatic heterocycles. The number of amidine groups is 1. The van der Waals surface area contributed by atoms with E-state index in [-0.39, 0.29) is 5.82 Å². The molecule has 1 aromatic carbocycles. The summed E-state index contributed by atoms with van der Waals surface area (Å²) in [6.07, 6.45) is 2.46. The predicted molar refractivity (Wildman–Crippen MR) is 100 cm³/mol. The molecule has 0 aliphatic carbocycles. The lowest BCUT2D eigenvalue weighted by atomic mass is 10.0. The zero-order valence-corrected chi connectivity index (χ0v) is 15.2. The highest BCUT2D eigenvalue weighted by atomic mass is 19.1. The molecule has 0 amide bonds. The number of aryl methyl sites for hydroxylation is 1. The van der Waals surface area contributed by atoms with Crippen molar-refractivity contribution < 1.29 is 9.13 Å². The van der Waals surface area contributed by atoms with Crippen LogP contribution in [0.1, 0.15) is 22.8 Å². The van der Waals surface area contributed by atoms with Crippen molar-refractivity contribution in [1.82, 2.24) is 19.9 Å². The fraction of sp³-hybridized carbons (Fsp3) is 0.250. The van der Waals surface area contributed by atoms with Gasteiger partial charge in [-0.1, -0.05) is 12.1 Å². The molecule has 0 fully saturated rings. The van der Waals surface area contributed by atoms with Gasteiger partial charge in [0.25, 0.3) is 0 Å². The molecule has 2 aromatic heterocycles. The summed E-state index contributed by atoms with van der Waals surface area (Å²) in [6, 6.07) is 8.46. The molecule has 0 spiro atoms. The van der Waals surface area contributed by atoms with Crippen LogP contribution in [0.2, 0.25) is 0 Å². The molecule has 0 saturated heterocycles. The molecule has 0 saturated carbocycles. The van der Waals surface area contributed by atoms with Crippen LogP contribution in [0, 0.1) is 18.2 Å². The lowest BCUT2D eigenvalue weighted by Gasteiger charge is -2.30. The Balaban J connectivity index is 1.67. The minimum absolute atomic E-state index is 0.294. The number of rotatable bonds is 3. The van der Waals surface area contributed by atoms with Crippen LogP contribution >= 0.6 is 0 Å². The van der Waals surface area contributed by atoms with Gasteiger partial charge in [-0.25, -0.2) is 9.37 Å². The van der Waals surface area contributed by atoms with E-state index in [1.807, 2.05) is 11.0 Å². The Labute approximate surface area is 156 Å². The summed E-state index contributed by atoms with van der Waals surface area (Å²) in [5.74, 6) is 1.29. The minimum atomic E-state index is -0.351. The SMILES string of the molecule is COc1cnc2c(c1)CN(C(=N)c1[nH]c(C)nc1-c1ccccc1F)CC2. The van der Waals surface area contributed by atoms with Crippen molar-refractivity contribution in [2.45, 2.75) is 19.9 Å². The molecule has 0 unspecified atom stereocenters. The number of halogens is 1. The highest BCUT2D eigenvalue weighted by molar-refractivity contribution is 6.00. The van der Waals surface area contributed by atoms with Crippen LogP contribution < -0.4 is 4.74 Å². The molecule has 7 heteroatoms. The maximum atomic E-state index is 14.3. The second kappa shape index (κ2) is 6.83. The van der Waals surface area contributed by atoms with Gasteiger partial charge in [-0.3, -0.25) is 10.4 Å². The second-order valence-electron chi connectivity index (χ2n) is 6.53. The molecule has 0 atom stereocenters. The van der Waals surface area contributed by atoms with Gasteiger partial charge in [0.05, 0.1) is 13.3 Å². The van der Waals surface area contributed by atoms with Gasteiger partial charge in [-0.15, -0.1) is 0 Å². The fourth-order valence-electron chi connectivity index (χ4n) is 3.38. The predicted octanol–water partition coefficient (Wildman–Crippen LogP) is 3.31. The van der Waals surface area contributed by atoms with E-state index in [2.05, 4.69) is 15.0 Å². The summed E-state index contributed by atoms with van der Waals surface area (Å²) in [4.78, 5) is 14.0. The largest absolute Gasteiger partial charge is 0.495 e.